The minimum atomic E-state index is -0.992. The third kappa shape index (κ3) is 3.72. The van der Waals surface area contributed by atoms with Crippen LogP contribution in [0.25, 0.3) is 0 Å². The predicted octanol–water partition coefficient (Wildman–Crippen LogP) is 1.80. The molecule has 0 radical (unpaired) electrons. The van der Waals surface area contributed by atoms with Crippen molar-refractivity contribution in [3.63, 3.8) is 0 Å². The van der Waals surface area contributed by atoms with Gasteiger partial charge < -0.3 is 15.3 Å². The number of nitrogens with one attached hydrogen (secondary N) is 1. The summed E-state index contributed by atoms with van der Waals surface area (Å²) in [6.45, 7) is 7.17. The molecule has 20 heavy (non-hydrogen) atoms. The van der Waals surface area contributed by atoms with Crippen molar-refractivity contribution in [2.24, 2.45) is 11.8 Å². The van der Waals surface area contributed by atoms with Gasteiger partial charge in [0.25, 0.3) is 0 Å². The summed E-state index contributed by atoms with van der Waals surface area (Å²) in [5.74, 6) is 0.832. The maximum atomic E-state index is 10.9. The minimum absolute atomic E-state index is 0.196. The van der Waals surface area contributed by atoms with Crippen LogP contribution in [0.5, 0.6) is 0 Å². The summed E-state index contributed by atoms with van der Waals surface area (Å²) in [5.41, 5.74) is 0.939. The Morgan fingerprint density at radius 2 is 2.35 bits per heavy atom. The molecule has 6 nitrogen and oxygen atoms in total. The Kier molecular flexibility index (Phi) is 4.65. The predicted molar refractivity (Wildman–Crippen MR) is 76.6 cm³/mol. The fourth-order valence-corrected chi connectivity index (χ4v) is 2.85. The van der Waals surface area contributed by atoms with E-state index in [2.05, 4.69) is 22.4 Å². The summed E-state index contributed by atoms with van der Waals surface area (Å²) in [6, 6.07) is -0.201. The van der Waals surface area contributed by atoms with Crippen molar-refractivity contribution in [1.29, 1.82) is 0 Å². The van der Waals surface area contributed by atoms with E-state index in [4.69, 9.17) is 5.11 Å². The first-order valence-electron chi connectivity index (χ1n) is 7.16. The van der Waals surface area contributed by atoms with Crippen molar-refractivity contribution in [1.82, 2.24) is 20.0 Å². The van der Waals surface area contributed by atoms with Gasteiger partial charge in [0.15, 0.2) is 0 Å². The molecule has 0 spiro atoms. The van der Waals surface area contributed by atoms with Crippen LogP contribution in [0.4, 0.5) is 4.79 Å². The number of hydrogen-bond acceptors (Lipinski definition) is 3. The van der Waals surface area contributed by atoms with E-state index in [-0.39, 0.29) is 12.0 Å². The molecule has 1 aliphatic heterocycles. The van der Waals surface area contributed by atoms with Crippen molar-refractivity contribution in [2.45, 2.75) is 32.9 Å². The molecule has 1 amide bonds. The highest BCUT2D eigenvalue weighted by molar-refractivity contribution is 5.65. The smallest absolute Gasteiger partial charge is 0.405 e. The summed E-state index contributed by atoms with van der Waals surface area (Å²) >= 11 is 0. The van der Waals surface area contributed by atoms with Gasteiger partial charge in [-0.15, -0.1) is 0 Å². The average molecular weight is 280 g/mol. The number of likely N-dealkylation sites (tertiary alicyclic amines) is 1. The summed E-state index contributed by atoms with van der Waals surface area (Å²) in [5, 5.41) is 15.9. The monoisotopic (exact) mass is 280 g/mol. The first-order chi connectivity index (χ1) is 9.45. The molecule has 2 atom stereocenters. The van der Waals surface area contributed by atoms with E-state index >= 15 is 0 Å². The Balaban J connectivity index is 2.01. The standard InChI is InChI=1S/C14H24N4O2/c1-10(2)13(16-14(19)20)12-6-15-18(9-12)8-11-4-5-17(3)7-11/h6,9-11,13,16H,4-5,7-8H2,1-3H3,(H,19,20)/t11-,13?/m1/s1. The fourth-order valence-electron chi connectivity index (χ4n) is 2.85. The Morgan fingerprint density at radius 3 is 2.90 bits per heavy atom. The van der Waals surface area contributed by atoms with Crippen LogP contribution >= 0.6 is 0 Å². The van der Waals surface area contributed by atoms with Crippen molar-refractivity contribution >= 4 is 6.09 Å². The lowest BCUT2D eigenvalue weighted by Gasteiger charge is -2.19. The first-order valence-corrected chi connectivity index (χ1v) is 7.16. The molecule has 2 rings (SSSR count). The molecular weight excluding hydrogens is 256 g/mol. The third-order valence-electron chi connectivity index (χ3n) is 3.89. The minimum Gasteiger partial charge on any atom is -0.465 e. The molecule has 1 aromatic rings. The molecule has 2 heterocycles. The van der Waals surface area contributed by atoms with E-state index in [1.165, 1.54) is 6.42 Å². The highest BCUT2D eigenvalue weighted by atomic mass is 16.4. The van der Waals surface area contributed by atoms with Crippen LogP contribution < -0.4 is 5.32 Å². The summed E-state index contributed by atoms with van der Waals surface area (Å²) in [6.07, 6.45) is 3.96. The van der Waals surface area contributed by atoms with E-state index in [9.17, 15) is 4.79 Å². The van der Waals surface area contributed by atoms with E-state index in [0.717, 1.165) is 25.2 Å². The maximum absolute atomic E-state index is 10.9. The van der Waals surface area contributed by atoms with E-state index in [1.54, 1.807) is 6.20 Å². The van der Waals surface area contributed by atoms with Gasteiger partial charge in [0, 0.05) is 24.8 Å². The molecule has 6 heteroatoms. The Hall–Kier alpha value is -1.56. The molecule has 1 saturated heterocycles. The van der Waals surface area contributed by atoms with Gasteiger partial charge in [-0.3, -0.25) is 4.68 Å². The maximum Gasteiger partial charge on any atom is 0.405 e. The quantitative estimate of drug-likeness (QED) is 0.863. The number of rotatable bonds is 5. The van der Waals surface area contributed by atoms with Gasteiger partial charge in [0.05, 0.1) is 12.2 Å². The van der Waals surface area contributed by atoms with Gasteiger partial charge in [0.1, 0.15) is 0 Å². The van der Waals surface area contributed by atoms with Gasteiger partial charge >= 0.3 is 6.09 Å². The van der Waals surface area contributed by atoms with Crippen molar-refractivity contribution in [3.8, 4) is 0 Å². The molecule has 2 N–H and O–H groups in total. The largest absolute Gasteiger partial charge is 0.465 e. The molecule has 0 saturated carbocycles. The topological polar surface area (TPSA) is 70.4 Å². The van der Waals surface area contributed by atoms with Crippen molar-refractivity contribution in [2.75, 3.05) is 20.1 Å². The Morgan fingerprint density at radius 1 is 1.60 bits per heavy atom. The summed E-state index contributed by atoms with van der Waals surface area (Å²) in [7, 11) is 2.14. The van der Waals surface area contributed by atoms with Crippen LogP contribution in [-0.2, 0) is 6.54 Å². The molecule has 112 valence electrons. The van der Waals surface area contributed by atoms with Gasteiger partial charge in [-0.25, -0.2) is 4.79 Å². The summed E-state index contributed by atoms with van der Waals surface area (Å²) < 4.78 is 1.94. The van der Waals surface area contributed by atoms with E-state index in [1.807, 2.05) is 24.7 Å². The molecular formula is C14H24N4O2. The van der Waals surface area contributed by atoms with Crippen LogP contribution in [-0.4, -0.2) is 46.0 Å². The number of amides is 1. The lowest BCUT2D eigenvalue weighted by atomic mass is 9.99. The second-order valence-electron chi connectivity index (χ2n) is 6.08. The van der Waals surface area contributed by atoms with Gasteiger partial charge in [-0.1, -0.05) is 13.8 Å². The fraction of sp³-hybridized carbons (Fsp3) is 0.714. The van der Waals surface area contributed by atoms with Gasteiger partial charge in [-0.05, 0) is 31.8 Å². The molecule has 0 bridgehead atoms. The zero-order valence-electron chi connectivity index (χ0n) is 12.4. The molecule has 1 fully saturated rings. The molecule has 1 unspecified atom stereocenters. The van der Waals surface area contributed by atoms with Crippen LogP contribution in [0.1, 0.15) is 31.9 Å². The van der Waals surface area contributed by atoms with Gasteiger partial charge in [0.2, 0.25) is 0 Å². The Labute approximate surface area is 119 Å². The van der Waals surface area contributed by atoms with Crippen molar-refractivity contribution < 1.29 is 9.90 Å². The Bertz CT molecular complexity index is 458. The average Bonchev–Trinajstić information content (AvgIpc) is 2.96. The number of hydrogen-bond donors (Lipinski definition) is 2. The number of carbonyl (C=O) groups is 1. The summed E-state index contributed by atoms with van der Waals surface area (Å²) in [4.78, 5) is 13.2. The normalized spacial score (nSPS) is 21.3. The van der Waals surface area contributed by atoms with Crippen LogP contribution in [0.3, 0.4) is 0 Å². The lowest BCUT2D eigenvalue weighted by molar-refractivity contribution is 0.186. The number of aromatic nitrogens is 2. The highest BCUT2D eigenvalue weighted by Gasteiger charge is 2.22. The second kappa shape index (κ2) is 6.26. The SMILES string of the molecule is CC(C)C(NC(=O)O)c1cnn(C[C@@H]2CCN(C)C2)c1. The number of nitrogens with zero attached hydrogens (tertiary/aromatic N) is 3. The second-order valence-corrected chi connectivity index (χ2v) is 6.08. The number of carboxylic acid groups (broad SMARTS) is 1. The van der Waals surface area contributed by atoms with Crippen molar-refractivity contribution in [3.05, 3.63) is 18.0 Å². The zero-order valence-corrected chi connectivity index (χ0v) is 12.4. The van der Waals surface area contributed by atoms with E-state index in [0.29, 0.717) is 5.92 Å². The molecule has 0 aromatic carbocycles. The van der Waals surface area contributed by atoms with E-state index < -0.39 is 6.09 Å². The van der Waals surface area contributed by atoms with Crippen LogP contribution in [0.2, 0.25) is 0 Å². The molecule has 0 aliphatic carbocycles. The molecule has 1 aliphatic rings. The first kappa shape index (κ1) is 14.8. The highest BCUT2D eigenvalue weighted by Crippen LogP contribution is 2.22. The third-order valence-corrected chi connectivity index (χ3v) is 3.89. The zero-order chi connectivity index (χ0) is 14.7. The van der Waals surface area contributed by atoms with Gasteiger partial charge in [-0.2, -0.15) is 5.10 Å². The lowest BCUT2D eigenvalue weighted by Crippen LogP contribution is -2.30. The van der Waals surface area contributed by atoms with Crippen LogP contribution in [0, 0.1) is 11.8 Å². The van der Waals surface area contributed by atoms with Crippen LogP contribution in [0.15, 0.2) is 12.4 Å². The molecule has 1 aromatic heterocycles.